The van der Waals surface area contributed by atoms with Gasteiger partial charge in [0, 0.05) is 13.1 Å². The summed E-state index contributed by atoms with van der Waals surface area (Å²) >= 11 is 0. The third-order valence-corrected chi connectivity index (χ3v) is 2.78. The van der Waals surface area contributed by atoms with Gasteiger partial charge in [-0.05, 0) is 25.0 Å². The van der Waals surface area contributed by atoms with Crippen molar-refractivity contribution in [3.8, 4) is 0 Å². The van der Waals surface area contributed by atoms with E-state index in [1.54, 1.807) is 23.1 Å². The molecular weight excluding hydrogens is 206 g/mol. The molecule has 2 rings (SSSR count). The molecule has 4 nitrogen and oxygen atoms in total. The van der Waals surface area contributed by atoms with Gasteiger partial charge in [-0.2, -0.15) is 0 Å². The number of rotatable bonds is 2. The number of aromatic carboxylic acids is 1. The minimum absolute atomic E-state index is 0.0828. The molecule has 0 aromatic heterocycles. The van der Waals surface area contributed by atoms with Crippen LogP contribution in [0.25, 0.3) is 0 Å². The molecule has 0 radical (unpaired) electrons. The molecule has 1 amide bonds. The second-order valence-electron chi connectivity index (χ2n) is 3.85. The first-order valence-corrected chi connectivity index (χ1v) is 5.32. The van der Waals surface area contributed by atoms with Crippen molar-refractivity contribution < 1.29 is 14.7 Å². The standard InChI is InChI=1S/C12H13NO3/c14-11(13-7-3-4-8-13)9-5-1-2-6-10(9)12(15)16/h1-2,5-6H,3-4,7-8H2,(H,15,16). The van der Waals surface area contributed by atoms with Crippen LogP contribution in [0.1, 0.15) is 33.6 Å². The van der Waals surface area contributed by atoms with E-state index in [0.29, 0.717) is 0 Å². The zero-order chi connectivity index (χ0) is 11.5. The number of amides is 1. The summed E-state index contributed by atoms with van der Waals surface area (Å²) in [7, 11) is 0. The van der Waals surface area contributed by atoms with Crippen LogP contribution in [-0.4, -0.2) is 35.0 Å². The number of hydrogen-bond acceptors (Lipinski definition) is 2. The van der Waals surface area contributed by atoms with Gasteiger partial charge in [-0.1, -0.05) is 12.1 Å². The van der Waals surface area contributed by atoms with Gasteiger partial charge in [0.05, 0.1) is 11.1 Å². The molecule has 1 aromatic rings. The molecule has 1 aromatic carbocycles. The number of carbonyl (C=O) groups is 2. The minimum atomic E-state index is -1.05. The molecule has 0 atom stereocenters. The highest BCUT2D eigenvalue weighted by Gasteiger charge is 2.23. The van der Waals surface area contributed by atoms with Crippen molar-refractivity contribution in [2.75, 3.05) is 13.1 Å². The van der Waals surface area contributed by atoms with Gasteiger partial charge in [0.15, 0.2) is 0 Å². The molecule has 0 saturated carbocycles. The third-order valence-electron chi connectivity index (χ3n) is 2.78. The largest absolute Gasteiger partial charge is 0.478 e. The molecule has 0 unspecified atom stereocenters. The van der Waals surface area contributed by atoms with Crippen LogP contribution in [0.4, 0.5) is 0 Å². The Bertz CT molecular complexity index is 422. The average Bonchev–Trinajstić information content (AvgIpc) is 2.81. The first-order chi connectivity index (χ1) is 7.70. The second-order valence-corrected chi connectivity index (χ2v) is 3.85. The number of hydrogen-bond donors (Lipinski definition) is 1. The monoisotopic (exact) mass is 219 g/mol. The molecule has 1 fully saturated rings. The topological polar surface area (TPSA) is 57.6 Å². The molecule has 1 saturated heterocycles. The fourth-order valence-corrected chi connectivity index (χ4v) is 1.95. The van der Waals surface area contributed by atoms with E-state index in [1.807, 2.05) is 0 Å². The summed E-state index contributed by atoms with van der Waals surface area (Å²) in [5, 5.41) is 8.99. The van der Waals surface area contributed by atoms with Crippen molar-refractivity contribution in [2.24, 2.45) is 0 Å². The van der Waals surface area contributed by atoms with Crippen molar-refractivity contribution in [2.45, 2.75) is 12.8 Å². The second kappa shape index (κ2) is 4.35. The van der Waals surface area contributed by atoms with Gasteiger partial charge >= 0.3 is 5.97 Å². The molecule has 4 heteroatoms. The smallest absolute Gasteiger partial charge is 0.336 e. The summed E-state index contributed by atoms with van der Waals surface area (Å²) < 4.78 is 0. The van der Waals surface area contributed by atoms with Gasteiger partial charge in [0.2, 0.25) is 0 Å². The van der Waals surface area contributed by atoms with E-state index >= 15 is 0 Å². The van der Waals surface area contributed by atoms with Gasteiger partial charge in [0.1, 0.15) is 0 Å². The van der Waals surface area contributed by atoms with Gasteiger partial charge in [-0.3, -0.25) is 4.79 Å². The maximum absolute atomic E-state index is 12.0. The lowest BCUT2D eigenvalue weighted by Gasteiger charge is -2.16. The van der Waals surface area contributed by atoms with Crippen molar-refractivity contribution in [1.29, 1.82) is 0 Å². The summed E-state index contributed by atoms with van der Waals surface area (Å²) in [6, 6.07) is 6.36. The SMILES string of the molecule is O=C(O)c1ccccc1C(=O)N1CCCC1. The number of likely N-dealkylation sites (tertiary alicyclic amines) is 1. The van der Waals surface area contributed by atoms with Crippen LogP contribution >= 0.6 is 0 Å². The van der Waals surface area contributed by atoms with E-state index in [1.165, 1.54) is 6.07 Å². The fourth-order valence-electron chi connectivity index (χ4n) is 1.95. The highest BCUT2D eigenvalue weighted by Crippen LogP contribution is 2.16. The lowest BCUT2D eigenvalue weighted by Crippen LogP contribution is -2.29. The highest BCUT2D eigenvalue weighted by atomic mass is 16.4. The molecule has 1 aliphatic heterocycles. The molecule has 1 aliphatic rings. The van der Waals surface area contributed by atoms with Gasteiger partial charge in [-0.25, -0.2) is 4.79 Å². The third kappa shape index (κ3) is 1.91. The Kier molecular flexibility index (Phi) is 2.90. The van der Waals surface area contributed by atoms with Crippen molar-refractivity contribution >= 4 is 11.9 Å². The quantitative estimate of drug-likeness (QED) is 0.822. The maximum atomic E-state index is 12.0. The zero-order valence-corrected chi connectivity index (χ0v) is 8.85. The van der Waals surface area contributed by atoms with Crippen molar-refractivity contribution in [3.05, 3.63) is 35.4 Å². The van der Waals surface area contributed by atoms with Crippen LogP contribution in [0.5, 0.6) is 0 Å². The Hall–Kier alpha value is -1.84. The molecule has 84 valence electrons. The molecule has 1 heterocycles. The van der Waals surface area contributed by atoms with E-state index < -0.39 is 5.97 Å². The lowest BCUT2D eigenvalue weighted by molar-refractivity contribution is 0.0681. The fraction of sp³-hybridized carbons (Fsp3) is 0.333. The van der Waals surface area contributed by atoms with Gasteiger partial charge in [-0.15, -0.1) is 0 Å². The Labute approximate surface area is 93.5 Å². The summed E-state index contributed by atoms with van der Waals surface area (Å²) in [6.45, 7) is 1.46. The lowest BCUT2D eigenvalue weighted by atomic mass is 10.1. The zero-order valence-electron chi connectivity index (χ0n) is 8.85. The van der Waals surface area contributed by atoms with Crippen LogP contribution in [0.15, 0.2) is 24.3 Å². The Morgan fingerprint density at radius 1 is 1.06 bits per heavy atom. The Balaban J connectivity index is 2.32. The Morgan fingerprint density at radius 3 is 2.19 bits per heavy atom. The number of carboxylic acids is 1. The normalized spacial score (nSPS) is 15.1. The number of carboxylic acid groups (broad SMARTS) is 1. The molecule has 1 N–H and O–H groups in total. The van der Waals surface area contributed by atoms with Crippen LogP contribution < -0.4 is 0 Å². The van der Waals surface area contributed by atoms with Crippen molar-refractivity contribution in [1.82, 2.24) is 4.90 Å². The number of carbonyl (C=O) groups excluding carboxylic acids is 1. The highest BCUT2D eigenvalue weighted by molar-refractivity contribution is 6.04. The predicted molar refractivity (Wildman–Crippen MR) is 58.5 cm³/mol. The average molecular weight is 219 g/mol. The van der Waals surface area contributed by atoms with E-state index in [0.717, 1.165) is 25.9 Å². The van der Waals surface area contributed by atoms with Crippen molar-refractivity contribution in [3.63, 3.8) is 0 Å². The van der Waals surface area contributed by atoms with Gasteiger partial charge in [0.25, 0.3) is 5.91 Å². The minimum Gasteiger partial charge on any atom is -0.478 e. The Morgan fingerprint density at radius 2 is 1.62 bits per heavy atom. The van der Waals surface area contributed by atoms with Crippen LogP contribution in [0.3, 0.4) is 0 Å². The van der Waals surface area contributed by atoms with E-state index in [2.05, 4.69) is 0 Å². The maximum Gasteiger partial charge on any atom is 0.336 e. The molecule has 0 bridgehead atoms. The van der Waals surface area contributed by atoms with E-state index in [9.17, 15) is 9.59 Å². The molecule has 0 aliphatic carbocycles. The predicted octanol–water partition coefficient (Wildman–Crippen LogP) is 1.62. The van der Waals surface area contributed by atoms with E-state index in [4.69, 9.17) is 5.11 Å². The van der Waals surface area contributed by atoms with Crippen LogP contribution in [-0.2, 0) is 0 Å². The number of benzene rings is 1. The summed E-state index contributed by atoms with van der Waals surface area (Å²) in [6.07, 6.45) is 2.00. The van der Waals surface area contributed by atoms with Crippen LogP contribution in [0, 0.1) is 0 Å². The van der Waals surface area contributed by atoms with Gasteiger partial charge < -0.3 is 10.0 Å². The molecular formula is C12H13NO3. The number of nitrogens with zero attached hydrogens (tertiary/aromatic N) is 1. The summed E-state index contributed by atoms with van der Waals surface area (Å²) in [5.74, 6) is -1.22. The first kappa shape index (κ1) is 10.7. The molecule has 0 spiro atoms. The van der Waals surface area contributed by atoms with E-state index in [-0.39, 0.29) is 17.0 Å². The summed E-state index contributed by atoms with van der Waals surface area (Å²) in [4.78, 5) is 24.7. The summed E-state index contributed by atoms with van der Waals surface area (Å²) in [5.41, 5.74) is 0.372. The molecule has 16 heavy (non-hydrogen) atoms. The first-order valence-electron chi connectivity index (χ1n) is 5.32. The van der Waals surface area contributed by atoms with Crippen LogP contribution in [0.2, 0.25) is 0 Å².